The molecule has 0 aliphatic rings. The van der Waals surface area contributed by atoms with Gasteiger partial charge in [0.15, 0.2) is 0 Å². The van der Waals surface area contributed by atoms with Crippen molar-refractivity contribution in [1.82, 2.24) is 9.88 Å². The smallest absolute Gasteiger partial charge is 0.407 e. The van der Waals surface area contributed by atoms with Crippen molar-refractivity contribution in [1.29, 1.82) is 0 Å². The van der Waals surface area contributed by atoms with Crippen LogP contribution in [0.25, 0.3) is 22.2 Å². The van der Waals surface area contributed by atoms with Crippen LogP contribution in [-0.2, 0) is 22.9 Å². The molecule has 1 aromatic heterocycles. The number of H-pyrrole nitrogens is 1. The molecule has 0 bridgehead atoms. The number of carboxylic acid groups (broad SMARTS) is 1. The number of aryl methyl sites for hydroxylation is 3. The number of anilines is 2. The SMILES string of the molecule is Cc1cc(C)cc(-c2[nH]c3ccc(N)cc3c2CCN(CCCCc2ccc(NS(C)(=O)=O)cc2)C(=O)O)c1. The Hall–Kier alpha value is -3.98. The number of nitrogen functional groups attached to an aromatic ring is 1. The monoisotopic (exact) mass is 548 g/mol. The van der Waals surface area contributed by atoms with Crippen molar-refractivity contribution in [2.24, 2.45) is 0 Å². The molecule has 8 nitrogen and oxygen atoms in total. The Bertz CT molecular complexity index is 1560. The molecule has 39 heavy (non-hydrogen) atoms. The zero-order valence-electron chi connectivity index (χ0n) is 22.6. The molecule has 0 atom stereocenters. The Labute approximate surface area is 229 Å². The summed E-state index contributed by atoms with van der Waals surface area (Å²) in [6, 6.07) is 19.5. The Kier molecular flexibility index (Phi) is 8.50. The van der Waals surface area contributed by atoms with Gasteiger partial charge in [0.2, 0.25) is 10.0 Å². The van der Waals surface area contributed by atoms with Gasteiger partial charge >= 0.3 is 6.09 Å². The lowest BCUT2D eigenvalue weighted by atomic mass is 9.99. The number of hydrogen-bond donors (Lipinski definition) is 4. The highest BCUT2D eigenvalue weighted by molar-refractivity contribution is 7.92. The Morgan fingerprint density at radius 1 is 0.949 bits per heavy atom. The van der Waals surface area contributed by atoms with Crippen LogP contribution in [0.4, 0.5) is 16.2 Å². The first-order valence-electron chi connectivity index (χ1n) is 13.0. The first-order valence-corrected chi connectivity index (χ1v) is 14.9. The third-order valence-corrected chi connectivity index (χ3v) is 7.35. The van der Waals surface area contributed by atoms with Crippen LogP contribution in [0.1, 0.15) is 35.1 Å². The average Bonchev–Trinajstić information content (AvgIpc) is 3.20. The van der Waals surface area contributed by atoms with Gasteiger partial charge < -0.3 is 20.7 Å². The van der Waals surface area contributed by atoms with E-state index in [9.17, 15) is 18.3 Å². The molecule has 0 saturated carbocycles. The van der Waals surface area contributed by atoms with Crippen LogP contribution in [0.15, 0.2) is 60.7 Å². The molecular formula is C30H36N4O4S. The summed E-state index contributed by atoms with van der Waals surface area (Å²) in [5.41, 5.74) is 14.8. The topological polar surface area (TPSA) is 129 Å². The molecule has 0 radical (unpaired) electrons. The van der Waals surface area contributed by atoms with E-state index in [0.29, 0.717) is 30.9 Å². The molecule has 4 rings (SSSR count). The van der Waals surface area contributed by atoms with E-state index in [1.54, 1.807) is 12.1 Å². The quantitative estimate of drug-likeness (QED) is 0.136. The van der Waals surface area contributed by atoms with Gasteiger partial charge in [0.25, 0.3) is 0 Å². The highest BCUT2D eigenvalue weighted by Gasteiger charge is 2.18. The lowest BCUT2D eigenvalue weighted by molar-refractivity contribution is 0.145. The van der Waals surface area contributed by atoms with Crippen molar-refractivity contribution in [2.75, 3.05) is 29.8 Å². The second-order valence-corrected chi connectivity index (χ2v) is 12.0. The van der Waals surface area contributed by atoms with Gasteiger partial charge in [-0.1, -0.05) is 29.3 Å². The molecule has 0 spiro atoms. The second kappa shape index (κ2) is 11.8. The standard InChI is InChI=1S/C30H36N4O4S/c1-20-16-21(2)18-23(17-20)29-26(27-19-24(31)9-12-28(27)32-29)13-15-34(30(35)36)14-5-4-6-22-7-10-25(11-8-22)33-39(3,37)38/h7-12,16-19,32-33H,4-6,13-15,31H2,1-3H3,(H,35,36). The Balaban J connectivity index is 1.43. The third kappa shape index (κ3) is 7.54. The number of nitrogens with one attached hydrogen (secondary N) is 2. The van der Waals surface area contributed by atoms with Gasteiger partial charge in [0, 0.05) is 41.1 Å². The van der Waals surface area contributed by atoms with E-state index in [1.807, 2.05) is 30.3 Å². The summed E-state index contributed by atoms with van der Waals surface area (Å²) >= 11 is 0. The number of rotatable bonds is 11. The predicted octanol–water partition coefficient (Wildman–Crippen LogP) is 5.95. The van der Waals surface area contributed by atoms with Crippen molar-refractivity contribution in [2.45, 2.75) is 39.5 Å². The summed E-state index contributed by atoms with van der Waals surface area (Å²) in [5.74, 6) is 0. The number of carbonyl (C=O) groups is 1. The number of unbranched alkanes of at least 4 members (excludes halogenated alkanes) is 1. The van der Waals surface area contributed by atoms with Gasteiger partial charge in [0.1, 0.15) is 0 Å². The molecule has 1 amide bonds. The Morgan fingerprint density at radius 2 is 1.64 bits per heavy atom. The number of benzene rings is 3. The maximum absolute atomic E-state index is 12.1. The molecule has 4 aromatic rings. The van der Waals surface area contributed by atoms with Gasteiger partial charge in [-0.15, -0.1) is 0 Å². The van der Waals surface area contributed by atoms with Crippen LogP contribution in [0.3, 0.4) is 0 Å². The first-order chi connectivity index (χ1) is 18.5. The lowest BCUT2D eigenvalue weighted by Crippen LogP contribution is -2.32. The highest BCUT2D eigenvalue weighted by Crippen LogP contribution is 2.33. The normalized spacial score (nSPS) is 11.6. The predicted molar refractivity (Wildman–Crippen MR) is 159 cm³/mol. The maximum atomic E-state index is 12.1. The molecular weight excluding hydrogens is 512 g/mol. The zero-order chi connectivity index (χ0) is 28.2. The van der Waals surface area contributed by atoms with Crippen molar-refractivity contribution in [3.05, 3.63) is 82.9 Å². The van der Waals surface area contributed by atoms with E-state index in [4.69, 9.17) is 5.73 Å². The summed E-state index contributed by atoms with van der Waals surface area (Å²) in [6.07, 6.45) is 3.07. The first kappa shape index (κ1) is 28.0. The summed E-state index contributed by atoms with van der Waals surface area (Å²) < 4.78 is 25.2. The minimum absolute atomic E-state index is 0.376. The molecule has 0 aliphatic carbocycles. The maximum Gasteiger partial charge on any atom is 0.407 e. The molecule has 0 fully saturated rings. The van der Waals surface area contributed by atoms with E-state index in [0.717, 1.165) is 58.8 Å². The number of nitrogens with zero attached hydrogens (tertiary/aromatic N) is 1. The van der Waals surface area contributed by atoms with E-state index in [2.05, 4.69) is 41.8 Å². The van der Waals surface area contributed by atoms with E-state index in [1.165, 1.54) is 16.0 Å². The summed E-state index contributed by atoms with van der Waals surface area (Å²) in [6.45, 7) is 4.96. The van der Waals surface area contributed by atoms with Crippen molar-refractivity contribution in [3.8, 4) is 11.3 Å². The van der Waals surface area contributed by atoms with Crippen LogP contribution in [0, 0.1) is 13.8 Å². The fourth-order valence-corrected chi connectivity index (χ4v) is 5.59. The summed E-state index contributed by atoms with van der Waals surface area (Å²) in [4.78, 5) is 17.1. The van der Waals surface area contributed by atoms with Crippen LogP contribution in [0.2, 0.25) is 0 Å². The van der Waals surface area contributed by atoms with Crippen molar-refractivity contribution < 1.29 is 18.3 Å². The summed E-state index contributed by atoms with van der Waals surface area (Å²) in [5, 5.41) is 10.9. The van der Waals surface area contributed by atoms with Gasteiger partial charge in [-0.2, -0.15) is 0 Å². The third-order valence-electron chi connectivity index (χ3n) is 6.74. The van der Waals surface area contributed by atoms with Crippen molar-refractivity contribution >= 4 is 38.4 Å². The molecule has 0 unspecified atom stereocenters. The average molecular weight is 549 g/mol. The van der Waals surface area contributed by atoms with Gasteiger partial charge in [-0.3, -0.25) is 4.72 Å². The number of aromatic nitrogens is 1. The molecule has 206 valence electrons. The number of fused-ring (bicyclic) bond motifs is 1. The van der Waals surface area contributed by atoms with E-state index in [-0.39, 0.29) is 0 Å². The molecule has 5 N–H and O–H groups in total. The molecule has 1 heterocycles. The van der Waals surface area contributed by atoms with E-state index >= 15 is 0 Å². The van der Waals surface area contributed by atoms with E-state index < -0.39 is 16.1 Å². The fraction of sp³-hybridized carbons (Fsp3) is 0.300. The number of nitrogens with two attached hydrogens (primary N) is 1. The number of sulfonamides is 1. The Morgan fingerprint density at radius 3 is 2.28 bits per heavy atom. The number of aromatic amines is 1. The van der Waals surface area contributed by atoms with Crippen LogP contribution in [0.5, 0.6) is 0 Å². The van der Waals surface area contributed by atoms with Crippen LogP contribution >= 0.6 is 0 Å². The molecule has 9 heteroatoms. The van der Waals surface area contributed by atoms with Gasteiger partial charge in [0.05, 0.1) is 6.26 Å². The second-order valence-electron chi connectivity index (χ2n) is 10.2. The van der Waals surface area contributed by atoms with Gasteiger partial charge in [-0.25, -0.2) is 13.2 Å². The minimum atomic E-state index is -3.31. The fourth-order valence-electron chi connectivity index (χ4n) is 5.03. The largest absolute Gasteiger partial charge is 0.465 e. The number of hydrogen-bond acceptors (Lipinski definition) is 4. The molecule has 0 aliphatic heterocycles. The summed E-state index contributed by atoms with van der Waals surface area (Å²) in [7, 11) is -3.31. The van der Waals surface area contributed by atoms with Crippen LogP contribution in [-0.4, -0.2) is 48.8 Å². The lowest BCUT2D eigenvalue weighted by Gasteiger charge is -2.19. The van der Waals surface area contributed by atoms with Gasteiger partial charge in [-0.05, 0) is 98.7 Å². The number of amides is 1. The highest BCUT2D eigenvalue weighted by atomic mass is 32.2. The minimum Gasteiger partial charge on any atom is -0.465 e. The van der Waals surface area contributed by atoms with Crippen LogP contribution < -0.4 is 10.5 Å². The molecule has 0 saturated heterocycles. The molecule has 3 aromatic carbocycles. The van der Waals surface area contributed by atoms with Crippen molar-refractivity contribution in [3.63, 3.8) is 0 Å². The zero-order valence-corrected chi connectivity index (χ0v) is 23.4.